The minimum atomic E-state index is -3.78. The molecule has 29 heavy (non-hydrogen) atoms. The van der Waals surface area contributed by atoms with Crippen LogP contribution >= 0.6 is 22.9 Å². The maximum absolute atomic E-state index is 12.6. The normalized spacial score (nSPS) is 11.4. The molecule has 0 spiro atoms. The van der Waals surface area contributed by atoms with Crippen molar-refractivity contribution in [1.82, 2.24) is 9.73 Å². The van der Waals surface area contributed by atoms with Gasteiger partial charge in [0.2, 0.25) is 0 Å². The summed E-state index contributed by atoms with van der Waals surface area (Å²) in [6.07, 6.45) is 0. The Morgan fingerprint density at radius 2 is 1.62 bits per heavy atom. The van der Waals surface area contributed by atoms with Crippen molar-refractivity contribution in [1.29, 1.82) is 0 Å². The molecule has 0 unspecified atom stereocenters. The predicted octanol–water partition coefficient (Wildman–Crippen LogP) is 3.76. The molecule has 3 rings (SSSR count). The van der Waals surface area contributed by atoms with Gasteiger partial charge in [0, 0.05) is 7.05 Å². The second kappa shape index (κ2) is 9.41. The van der Waals surface area contributed by atoms with E-state index in [1.54, 1.807) is 5.01 Å². The van der Waals surface area contributed by atoms with Gasteiger partial charge in [-0.2, -0.15) is 4.31 Å². The quantitative estimate of drug-likeness (QED) is 0.531. The SMILES string of the molecule is CN(CC(=O)NN(Cc1ccccc1)c1ccccc1)S(=O)(=O)c1ccc(Cl)s1. The Morgan fingerprint density at radius 1 is 1.00 bits per heavy atom. The van der Waals surface area contributed by atoms with Gasteiger partial charge in [-0.3, -0.25) is 15.2 Å². The summed E-state index contributed by atoms with van der Waals surface area (Å²) in [5.74, 6) is -0.446. The fourth-order valence-electron chi connectivity index (χ4n) is 2.63. The molecule has 0 radical (unpaired) electrons. The number of amides is 1. The van der Waals surface area contributed by atoms with E-state index in [9.17, 15) is 13.2 Å². The molecule has 2 aromatic carbocycles. The van der Waals surface area contributed by atoms with E-state index in [4.69, 9.17) is 11.6 Å². The molecule has 0 atom stereocenters. The first-order valence-corrected chi connectivity index (χ1v) is 11.4. The third kappa shape index (κ3) is 5.57. The molecule has 0 aliphatic rings. The number of rotatable bonds is 8. The lowest BCUT2D eigenvalue weighted by Crippen LogP contribution is -2.47. The van der Waals surface area contributed by atoms with Crippen molar-refractivity contribution in [3.8, 4) is 0 Å². The van der Waals surface area contributed by atoms with Crippen LogP contribution in [-0.4, -0.2) is 32.2 Å². The van der Waals surface area contributed by atoms with Crippen LogP contribution in [0.3, 0.4) is 0 Å². The van der Waals surface area contributed by atoms with E-state index in [0.717, 1.165) is 26.9 Å². The second-order valence-corrected chi connectivity index (χ2v) is 10.2. The summed E-state index contributed by atoms with van der Waals surface area (Å²) in [6.45, 7) is 0.115. The number of anilines is 1. The maximum atomic E-state index is 12.6. The van der Waals surface area contributed by atoms with Gasteiger partial charge < -0.3 is 0 Å². The molecule has 1 amide bonds. The number of hydrazine groups is 1. The molecule has 0 saturated heterocycles. The van der Waals surface area contributed by atoms with Gasteiger partial charge in [0.25, 0.3) is 15.9 Å². The van der Waals surface area contributed by atoms with Crippen LogP contribution in [-0.2, 0) is 21.4 Å². The zero-order valence-corrected chi connectivity index (χ0v) is 18.0. The smallest absolute Gasteiger partial charge is 0.253 e. The van der Waals surface area contributed by atoms with Crippen LogP contribution in [0.1, 0.15) is 5.56 Å². The zero-order valence-electron chi connectivity index (χ0n) is 15.7. The average molecular weight is 450 g/mol. The van der Waals surface area contributed by atoms with E-state index in [0.29, 0.717) is 10.9 Å². The van der Waals surface area contributed by atoms with Gasteiger partial charge in [-0.15, -0.1) is 11.3 Å². The molecule has 152 valence electrons. The Labute approximate surface area is 179 Å². The van der Waals surface area contributed by atoms with Crippen molar-refractivity contribution in [2.45, 2.75) is 10.8 Å². The predicted molar refractivity (Wildman–Crippen MR) is 116 cm³/mol. The maximum Gasteiger partial charge on any atom is 0.253 e. The molecule has 0 saturated carbocycles. The fraction of sp³-hybridized carbons (Fsp3) is 0.150. The number of sulfonamides is 1. The number of para-hydroxylation sites is 1. The summed E-state index contributed by atoms with van der Waals surface area (Å²) in [5, 5.41) is 1.69. The first-order valence-electron chi connectivity index (χ1n) is 8.74. The number of carbonyl (C=O) groups excluding carboxylic acids is 1. The van der Waals surface area contributed by atoms with Crippen molar-refractivity contribution in [3.63, 3.8) is 0 Å². The molecule has 0 aliphatic carbocycles. The van der Waals surface area contributed by atoms with E-state index in [1.807, 2.05) is 60.7 Å². The highest BCUT2D eigenvalue weighted by molar-refractivity contribution is 7.91. The van der Waals surface area contributed by atoms with E-state index in [2.05, 4.69) is 5.43 Å². The Kier molecular flexibility index (Phi) is 6.92. The molecule has 0 bridgehead atoms. The standard InChI is InChI=1S/C20H20ClN3O3S2/c1-23(29(26,27)20-13-12-18(21)28-20)15-19(25)22-24(17-10-6-3-7-11-17)14-16-8-4-2-5-9-16/h2-13H,14-15H2,1H3,(H,22,25). The minimum Gasteiger partial charge on any atom is -0.281 e. The lowest BCUT2D eigenvalue weighted by atomic mass is 10.2. The van der Waals surface area contributed by atoms with Crippen molar-refractivity contribution in [3.05, 3.63) is 82.7 Å². The first-order chi connectivity index (χ1) is 13.9. The molecule has 1 N–H and O–H groups in total. The van der Waals surface area contributed by atoms with Crippen LogP contribution in [0.2, 0.25) is 4.34 Å². The number of halogens is 1. The van der Waals surface area contributed by atoms with E-state index < -0.39 is 15.9 Å². The zero-order chi connectivity index (χ0) is 20.9. The van der Waals surface area contributed by atoms with Gasteiger partial charge in [0.1, 0.15) is 4.21 Å². The molecule has 3 aromatic rings. The van der Waals surface area contributed by atoms with Crippen LogP contribution in [0.25, 0.3) is 0 Å². The summed E-state index contributed by atoms with van der Waals surface area (Å²) in [4.78, 5) is 12.6. The molecule has 1 aromatic heterocycles. The van der Waals surface area contributed by atoms with Crippen molar-refractivity contribution < 1.29 is 13.2 Å². The van der Waals surface area contributed by atoms with E-state index >= 15 is 0 Å². The van der Waals surface area contributed by atoms with Gasteiger partial charge in [0.05, 0.1) is 23.1 Å². The number of carbonyl (C=O) groups is 1. The van der Waals surface area contributed by atoms with E-state index in [1.165, 1.54) is 19.2 Å². The topological polar surface area (TPSA) is 69.7 Å². The van der Waals surface area contributed by atoms with E-state index in [-0.39, 0.29) is 10.8 Å². The van der Waals surface area contributed by atoms with Crippen molar-refractivity contribution in [2.24, 2.45) is 0 Å². The summed E-state index contributed by atoms with van der Waals surface area (Å²) < 4.78 is 26.7. The van der Waals surface area contributed by atoms with Gasteiger partial charge in [-0.1, -0.05) is 60.1 Å². The van der Waals surface area contributed by atoms with Crippen LogP contribution in [0.4, 0.5) is 5.69 Å². The number of nitrogens with zero attached hydrogens (tertiary/aromatic N) is 2. The first kappa shape index (κ1) is 21.3. The van der Waals surface area contributed by atoms with Crippen LogP contribution in [0.15, 0.2) is 77.0 Å². The minimum absolute atomic E-state index is 0.0991. The summed E-state index contributed by atoms with van der Waals surface area (Å²) in [7, 11) is -2.42. The Balaban J connectivity index is 1.72. The fourth-order valence-corrected chi connectivity index (χ4v) is 5.45. The summed E-state index contributed by atoms with van der Waals surface area (Å²) in [6, 6.07) is 22.0. The number of benzene rings is 2. The van der Waals surface area contributed by atoms with Gasteiger partial charge >= 0.3 is 0 Å². The van der Waals surface area contributed by atoms with Gasteiger partial charge in [-0.05, 0) is 29.8 Å². The van der Waals surface area contributed by atoms with Crippen LogP contribution in [0, 0.1) is 0 Å². The number of likely N-dealkylation sites (N-methyl/N-ethyl adjacent to an activating group) is 1. The molecular weight excluding hydrogens is 430 g/mol. The highest BCUT2D eigenvalue weighted by Crippen LogP contribution is 2.27. The Hall–Kier alpha value is -2.39. The highest BCUT2D eigenvalue weighted by Gasteiger charge is 2.25. The number of thiophene rings is 1. The van der Waals surface area contributed by atoms with Crippen molar-refractivity contribution >= 4 is 44.6 Å². The van der Waals surface area contributed by atoms with Crippen LogP contribution < -0.4 is 10.4 Å². The van der Waals surface area contributed by atoms with Crippen LogP contribution in [0.5, 0.6) is 0 Å². The largest absolute Gasteiger partial charge is 0.281 e. The third-order valence-electron chi connectivity index (χ3n) is 4.09. The third-order valence-corrected chi connectivity index (χ3v) is 7.59. The molecule has 1 heterocycles. The highest BCUT2D eigenvalue weighted by atomic mass is 35.5. The Bertz CT molecular complexity index is 1060. The molecule has 0 fully saturated rings. The van der Waals surface area contributed by atoms with Gasteiger partial charge in [-0.25, -0.2) is 8.42 Å². The van der Waals surface area contributed by atoms with Crippen molar-refractivity contribution in [2.75, 3.05) is 18.6 Å². The molecule has 0 aliphatic heterocycles. The second-order valence-electron chi connectivity index (χ2n) is 6.26. The average Bonchev–Trinajstić information content (AvgIpc) is 3.16. The summed E-state index contributed by atoms with van der Waals surface area (Å²) in [5.41, 5.74) is 4.60. The monoisotopic (exact) mass is 449 g/mol. The lowest BCUT2D eigenvalue weighted by Gasteiger charge is -2.26. The molecule has 9 heteroatoms. The molecular formula is C20H20ClN3O3S2. The number of hydrogen-bond acceptors (Lipinski definition) is 5. The number of nitrogens with one attached hydrogen (secondary N) is 1. The lowest BCUT2D eigenvalue weighted by molar-refractivity contribution is -0.121. The summed E-state index contributed by atoms with van der Waals surface area (Å²) >= 11 is 6.80. The molecule has 6 nitrogen and oxygen atoms in total. The Morgan fingerprint density at radius 3 is 2.21 bits per heavy atom. The number of hydrogen-bond donors (Lipinski definition) is 1. The van der Waals surface area contributed by atoms with Gasteiger partial charge in [0.15, 0.2) is 0 Å².